The van der Waals surface area contributed by atoms with Gasteiger partial charge >= 0.3 is 0 Å². The molecule has 118 valence electrons. The fourth-order valence-corrected chi connectivity index (χ4v) is 3.87. The Morgan fingerprint density at radius 3 is 2.29 bits per heavy atom. The first-order valence-corrected chi connectivity index (χ1v) is 7.98. The predicted molar refractivity (Wildman–Crippen MR) is 82.2 cm³/mol. The van der Waals surface area contributed by atoms with E-state index in [9.17, 15) is 8.78 Å². The molecule has 1 aromatic carbocycles. The minimum absolute atomic E-state index is 0.00830. The van der Waals surface area contributed by atoms with E-state index in [0.717, 1.165) is 31.5 Å². The molecule has 0 aliphatic heterocycles. The Morgan fingerprint density at radius 1 is 1.14 bits per heavy atom. The van der Waals surface area contributed by atoms with Gasteiger partial charge in [0.05, 0.1) is 0 Å². The van der Waals surface area contributed by atoms with Crippen molar-refractivity contribution in [3.8, 4) is 0 Å². The molecular weight excluding hydrogens is 270 g/mol. The van der Waals surface area contributed by atoms with Crippen LogP contribution in [0.25, 0.3) is 0 Å². The van der Waals surface area contributed by atoms with Crippen LogP contribution >= 0.6 is 0 Å². The van der Waals surface area contributed by atoms with E-state index in [1.165, 1.54) is 25.0 Å². The van der Waals surface area contributed by atoms with Crippen molar-refractivity contribution in [3.63, 3.8) is 0 Å². The first-order chi connectivity index (χ1) is 10.0. The van der Waals surface area contributed by atoms with E-state index in [4.69, 9.17) is 5.73 Å². The standard InChI is InChI=1S/C17H26F2N2/c1-3-21(4-2)17(9-5-6-10-17)16(20)12-13-7-8-14(18)15(19)11-13/h7-8,11,16H,3-6,9-10,12,20H2,1-2H3. The summed E-state index contributed by atoms with van der Waals surface area (Å²) >= 11 is 0. The molecule has 1 unspecified atom stereocenters. The van der Waals surface area contributed by atoms with Crippen LogP contribution in [-0.4, -0.2) is 29.6 Å². The van der Waals surface area contributed by atoms with Gasteiger partial charge in [-0.25, -0.2) is 8.78 Å². The van der Waals surface area contributed by atoms with Gasteiger partial charge in [-0.1, -0.05) is 32.8 Å². The number of hydrogen-bond donors (Lipinski definition) is 1. The second-order valence-corrected chi connectivity index (χ2v) is 6.04. The van der Waals surface area contributed by atoms with Gasteiger partial charge in [0.25, 0.3) is 0 Å². The van der Waals surface area contributed by atoms with Crippen molar-refractivity contribution in [2.75, 3.05) is 13.1 Å². The minimum Gasteiger partial charge on any atom is -0.326 e. The van der Waals surface area contributed by atoms with Crippen molar-refractivity contribution in [1.82, 2.24) is 4.90 Å². The van der Waals surface area contributed by atoms with Crippen LogP contribution in [0, 0.1) is 11.6 Å². The van der Waals surface area contributed by atoms with E-state index in [1.807, 2.05) is 0 Å². The van der Waals surface area contributed by atoms with Crippen molar-refractivity contribution in [2.45, 2.75) is 57.5 Å². The lowest BCUT2D eigenvalue weighted by Crippen LogP contribution is -2.59. The molecule has 0 aromatic heterocycles. The van der Waals surface area contributed by atoms with E-state index in [1.54, 1.807) is 6.07 Å². The first-order valence-electron chi connectivity index (χ1n) is 7.98. The van der Waals surface area contributed by atoms with Crippen LogP contribution in [0.3, 0.4) is 0 Å². The molecule has 1 aliphatic carbocycles. The minimum atomic E-state index is -0.799. The molecule has 1 atom stereocenters. The fraction of sp³-hybridized carbons (Fsp3) is 0.647. The van der Waals surface area contributed by atoms with Gasteiger partial charge in [-0.2, -0.15) is 0 Å². The Kier molecular flexibility index (Phi) is 5.33. The zero-order valence-corrected chi connectivity index (χ0v) is 13.0. The van der Waals surface area contributed by atoms with Crippen LogP contribution in [0.5, 0.6) is 0 Å². The molecule has 0 bridgehead atoms. The summed E-state index contributed by atoms with van der Waals surface area (Å²) < 4.78 is 26.4. The summed E-state index contributed by atoms with van der Waals surface area (Å²) in [6, 6.07) is 4.06. The van der Waals surface area contributed by atoms with Gasteiger partial charge in [-0.3, -0.25) is 4.90 Å². The number of rotatable bonds is 6. The van der Waals surface area contributed by atoms with Gasteiger partial charge in [0.2, 0.25) is 0 Å². The molecule has 0 saturated heterocycles. The third-order valence-electron chi connectivity index (χ3n) is 4.99. The number of halogens is 2. The molecule has 1 aromatic rings. The molecular formula is C17H26F2N2. The van der Waals surface area contributed by atoms with Crippen LogP contribution in [0.4, 0.5) is 8.78 Å². The predicted octanol–water partition coefficient (Wildman–Crippen LogP) is 3.49. The summed E-state index contributed by atoms with van der Waals surface area (Å²) in [6.45, 7) is 6.27. The molecule has 2 rings (SSSR count). The van der Waals surface area contributed by atoms with Gasteiger partial charge in [-0.05, 0) is 50.0 Å². The maximum Gasteiger partial charge on any atom is 0.159 e. The Balaban J connectivity index is 2.18. The van der Waals surface area contributed by atoms with E-state index in [0.29, 0.717) is 6.42 Å². The zero-order valence-electron chi connectivity index (χ0n) is 13.0. The monoisotopic (exact) mass is 296 g/mol. The summed E-state index contributed by atoms with van der Waals surface area (Å²) in [5.74, 6) is -1.59. The highest BCUT2D eigenvalue weighted by Crippen LogP contribution is 2.38. The second kappa shape index (κ2) is 6.84. The fourth-order valence-electron chi connectivity index (χ4n) is 3.87. The van der Waals surface area contributed by atoms with Crippen LogP contribution in [0.2, 0.25) is 0 Å². The number of benzene rings is 1. The molecule has 0 radical (unpaired) electrons. The highest BCUT2D eigenvalue weighted by Gasteiger charge is 2.43. The van der Waals surface area contributed by atoms with Crippen LogP contribution in [-0.2, 0) is 6.42 Å². The SMILES string of the molecule is CCN(CC)C1(C(N)Cc2ccc(F)c(F)c2)CCCC1. The molecule has 4 heteroatoms. The van der Waals surface area contributed by atoms with Crippen molar-refractivity contribution in [3.05, 3.63) is 35.4 Å². The number of likely N-dealkylation sites (N-methyl/N-ethyl adjacent to an activating group) is 1. The van der Waals surface area contributed by atoms with E-state index in [-0.39, 0.29) is 11.6 Å². The zero-order chi connectivity index (χ0) is 15.5. The lowest BCUT2D eigenvalue weighted by molar-refractivity contribution is 0.0771. The highest BCUT2D eigenvalue weighted by atomic mass is 19.2. The number of nitrogens with two attached hydrogens (primary N) is 1. The van der Waals surface area contributed by atoms with Crippen molar-refractivity contribution >= 4 is 0 Å². The van der Waals surface area contributed by atoms with Crippen molar-refractivity contribution < 1.29 is 8.78 Å². The normalized spacial score (nSPS) is 19.1. The van der Waals surface area contributed by atoms with E-state index in [2.05, 4.69) is 18.7 Å². The van der Waals surface area contributed by atoms with Gasteiger partial charge in [-0.15, -0.1) is 0 Å². The molecule has 0 heterocycles. The first kappa shape index (κ1) is 16.4. The van der Waals surface area contributed by atoms with Crippen molar-refractivity contribution in [1.29, 1.82) is 0 Å². The molecule has 2 N–H and O–H groups in total. The number of hydrogen-bond acceptors (Lipinski definition) is 2. The van der Waals surface area contributed by atoms with E-state index < -0.39 is 11.6 Å². The summed E-state index contributed by atoms with van der Waals surface area (Å²) in [7, 11) is 0. The second-order valence-electron chi connectivity index (χ2n) is 6.04. The van der Waals surface area contributed by atoms with Crippen molar-refractivity contribution in [2.24, 2.45) is 5.73 Å². The molecule has 1 aliphatic rings. The molecule has 2 nitrogen and oxygen atoms in total. The third kappa shape index (κ3) is 3.27. The largest absolute Gasteiger partial charge is 0.326 e. The van der Waals surface area contributed by atoms with Crippen LogP contribution in [0.15, 0.2) is 18.2 Å². The summed E-state index contributed by atoms with van der Waals surface area (Å²) in [5, 5.41) is 0. The lowest BCUT2D eigenvalue weighted by Gasteiger charge is -2.45. The van der Waals surface area contributed by atoms with Gasteiger partial charge in [0.1, 0.15) is 0 Å². The van der Waals surface area contributed by atoms with Crippen LogP contribution in [0.1, 0.15) is 45.1 Å². The topological polar surface area (TPSA) is 29.3 Å². The molecule has 1 saturated carbocycles. The number of nitrogens with zero attached hydrogens (tertiary/aromatic N) is 1. The van der Waals surface area contributed by atoms with Gasteiger partial charge in [0, 0.05) is 11.6 Å². The maximum atomic E-state index is 13.4. The summed E-state index contributed by atoms with van der Waals surface area (Å²) in [4.78, 5) is 2.45. The smallest absolute Gasteiger partial charge is 0.159 e. The Morgan fingerprint density at radius 2 is 1.76 bits per heavy atom. The quantitative estimate of drug-likeness (QED) is 0.870. The highest BCUT2D eigenvalue weighted by molar-refractivity contribution is 5.20. The summed E-state index contributed by atoms with van der Waals surface area (Å²) in [5.41, 5.74) is 7.31. The van der Waals surface area contributed by atoms with Gasteiger partial charge < -0.3 is 5.73 Å². The average Bonchev–Trinajstić information content (AvgIpc) is 2.95. The Hall–Kier alpha value is -1.00. The van der Waals surface area contributed by atoms with E-state index >= 15 is 0 Å². The summed E-state index contributed by atoms with van der Waals surface area (Å²) in [6.07, 6.45) is 5.18. The average molecular weight is 296 g/mol. The molecule has 0 amide bonds. The molecule has 1 fully saturated rings. The third-order valence-corrected chi connectivity index (χ3v) is 4.99. The Labute approximate surface area is 126 Å². The lowest BCUT2D eigenvalue weighted by atomic mass is 9.83. The maximum absolute atomic E-state index is 13.4. The molecule has 0 spiro atoms. The van der Waals surface area contributed by atoms with Gasteiger partial charge in [0.15, 0.2) is 11.6 Å². The molecule has 21 heavy (non-hydrogen) atoms. The van der Waals surface area contributed by atoms with Crippen LogP contribution < -0.4 is 5.73 Å². The Bertz CT molecular complexity index is 466.